The first kappa shape index (κ1) is 21.4. The number of rotatable bonds is 4. The van der Waals surface area contributed by atoms with E-state index in [1.165, 1.54) is 0 Å². The van der Waals surface area contributed by atoms with Crippen molar-refractivity contribution in [2.24, 2.45) is 34.5 Å². The van der Waals surface area contributed by atoms with Crippen LogP contribution in [0.15, 0.2) is 36.4 Å². The Morgan fingerprint density at radius 2 is 1.78 bits per heavy atom. The predicted octanol–water partition coefficient (Wildman–Crippen LogP) is 4.41. The van der Waals surface area contributed by atoms with Gasteiger partial charge in [-0.2, -0.15) is 0 Å². The third-order valence-corrected chi connectivity index (χ3v) is 9.60. The zero-order chi connectivity index (χ0) is 22.7. The quantitative estimate of drug-likeness (QED) is 0.686. The lowest BCUT2D eigenvalue weighted by Crippen LogP contribution is -2.59. The molecule has 1 aliphatic heterocycles. The van der Waals surface area contributed by atoms with Gasteiger partial charge >= 0.3 is 5.97 Å². The van der Waals surface area contributed by atoms with Crippen LogP contribution >= 0.6 is 0 Å². The molecule has 0 saturated heterocycles. The molecule has 0 spiro atoms. The van der Waals surface area contributed by atoms with Crippen molar-refractivity contribution in [3.8, 4) is 0 Å². The van der Waals surface area contributed by atoms with Crippen LogP contribution in [0.1, 0.15) is 68.3 Å². The number of carboxylic acid groups (broad SMARTS) is 1. The molecule has 7 atom stereocenters. The lowest BCUT2D eigenvalue weighted by Gasteiger charge is -2.58. The fraction of sp³-hybridized carbons (Fsp3) is 0.593. The molecule has 2 N–H and O–H groups in total. The van der Waals surface area contributed by atoms with E-state index in [0.29, 0.717) is 23.3 Å². The van der Waals surface area contributed by atoms with Gasteiger partial charge in [-0.15, -0.1) is 0 Å². The fourth-order valence-corrected chi connectivity index (χ4v) is 7.93. The summed E-state index contributed by atoms with van der Waals surface area (Å²) in [5.41, 5.74) is 1.47. The highest BCUT2D eigenvalue weighted by Gasteiger charge is 2.60. The Kier molecular flexibility index (Phi) is 5.06. The molecular weight excluding hydrogens is 402 g/mol. The molecule has 1 aromatic carbocycles. The number of hydrogen-bond acceptors (Lipinski definition) is 3. The van der Waals surface area contributed by atoms with Gasteiger partial charge in [0.15, 0.2) is 5.78 Å². The Labute approximate surface area is 189 Å². The van der Waals surface area contributed by atoms with E-state index in [9.17, 15) is 14.4 Å². The topological polar surface area (TPSA) is 83.5 Å². The van der Waals surface area contributed by atoms with Crippen molar-refractivity contribution in [2.75, 3.05) is 0 Å². The maximum absolute atomic E-state index is 13.6. The first-order valence-corrected chi connectivity index (χ1v) is 12.1. The van der Waals surface area contributed by atoms with Gasteiger partial charge in [0, 0.05) is 22.9 Å². The monoisotopic (exact) mass is 435 g/mol. The standard InChI is InChI=1S/C27H33NO4/c1-26-13-11-20-18(7-10-22-27(20,2)14-12-23(29)28-22)19(26)8-9-21(26)25(32)17-5-3-16(4-6-17)15-24(30)31/h3-6,12,14,18-22H,7-11,13,15H2,1-2H3,(H,28,29)(H,30,31)/t18-,19-,20+,21?,22?,26-,27+/m0/s1. The van der Waals surface area contributed by atoms with Gasteiger partial charge in [0.25, 0.3) is 0 Å². The van der Waals surface area contributed by atoms with Gasteiger partial charge in [-0.1, -0.05) is 44.2 Å². The molecule has 0 radical (unpaired) electrons. The highest BCUT2D eigenvalue weighted by molar-refractivity contribution is 5.98. The van der Waals surface area contributed by atoms with Gasteiger partial charge in [-0.25, -0.2) is 0 Å². The number of amides is 1. The van der Waals surface area contributed by atoms with E-state index in [2.05, 4.69) is 25.2 Å². The fourth-order valence-electron chi connectivity index (χ4n) is 7.93. The van der Waals surface area contributed by atoms with Crippen LogP contribution in [0.2, 0.25) is 0 Å². The Hall–Kier alpha value is -2.43. The Morgan fingerprint density at radius 1 is 1.03 bits per heavy atom. The van der Waals surface area contributed by atoms with Crippen LogP contribution in [0.4, 0.5) is 0 Å². The molecule has 5 nitrogen and oxygen atoms in total. The summed E-state index contributed by atoms with van der Waals surface area (Å²) in [6.45, 7) is 4.67. The number of nitrogens with one attached hydrogen (secondary N) is 1. The number of carbonyl (C=O) groups excluding carboxylic acids is 2. The number of hydrogen-bond donors (Lipinski definition) is 2. The van der Waals surface area contributed by atoms with Crippen molar-refractivity contribution in [2.45, 2.75) is 64.8 Å². The van der Waals surface area contributed by atoms with Crippen molar-refractivity contribution in [1.29, 1.82) is 0 Å². The largest absolute Gasteiger partial charge is 0.481 e. The second kappa shape index (κ2) is 7.57. The molecule has 170 valence electrons. The lowest BCUT2D eigenvalue weighted by molar-refractivity contribution is -0.136. The summed E-state index contributed by atoms with van der Waals surface area (Å²) in [7, 11) is 0. The highest BCUT2D eigenvalue weighted by Crippen LogP contribution is 2.65. The SMILES string of the molecule is C[C@]12C=CC(=O)NC1CC[C@@H]1[C@H]2CC[C@]2(C)C(C(=O)c3ccc(CC(=O)O)cc3)CC[C@@H]12. The van der Waals surface area contributed by atoms with Crippen molar-refractivity contribution >= 4 is 17.7 Å². The van der Waals surface area contributed by atoms with Crippen molar-refractivity contribution in [3.63, 3.8) is 0 Å². The molecule has 0 aromatic heterocycles. The van der Waals surface area contributed by atoms with Gasteiger partial charge in [0.05, 0.1) is 6.42 Å². The second-order valence-corrected chi connectivity index (χ2v) is 11.0. The number of benzene rings is 1. The van der Waals surface area contributed by atoms with Gasteiger partial charge in [-0.05, 0) is 73.3 Å². The normalized spacial score (nSPS) is 40.1. The summed E-state index contributed by atoms with van der Waals surface area (Å²) >= 11 is 0. The van der Waals surface area contributed by atoms with Crippen LogP contribution < -0.4 is 5.32 Å². The van der Waals surface area contributed by atoms with E-state index in [4.69, 9.17) is 5.11 Å². The summed E-state index contributed by atoms with van der Waals surface area (Å²) in [6, 6.07) is 7.40. The highest BCUT2D eigenvalue weighted by atomic mass is 16.4. The van der Waals surface area contributed by atoms with E-state index in [1.54, 1.807) is 18.2 Å². The molecule has 1 aromatic rings. The summed E-state index contributed by atoms with van der Waals surface area (Å²) in [4.78, 5) is 36.4. The summed E-state index contributed by atoms with van der Waals surface area (Å²) < 4.78 is 0. The number of carboxylic acids is 1. The zero-order valence-corrected chi connectivity index (χ0v) is 19.0. The first-order valence-electron chi connectivity index (χ1n) is 12.1. The Morgan fingerprint density at radius 3 is 2.50 bits per heavy atom. The maximum atomic E-state index is 13.6. The van der Waals surface area contributed by atoms with Gasteiger partial charge < -0.3 is 10.4 Å². The van der Waals surface area contributed by atoms with Crippen LogP contribution in [0, 0.1) is 34.5 Å². The van der Waals surface area contributed by atoms with Crippen LogP contribution in [-0.4, -0.2) is 28.8 Å². The van der Waals surface area contributed by atoms with Gasteiger partial charge in [0.1, 0.15) is 0 Å². The molecule has 2 unspecified atom stereocenters. The second-order valence-electron chi connectivity index (χ2n) is 11.0. The minimum Gasteiger partial charge on any atom is -0.481 e. The minimum atomic E-state index is -0.859. The predicted molar refractivity (Wildman–Crippen MR) is 121 cm³/mol. The average molecular weight is 436 g/mol. The summed E-state index contributed by atoms with van der Waals surface area (Å²) in [5.74, 6) is 1.14. The van der Waals surface area contributed by atoms with E-state index >= 15 is 0 Å². The molecule has 32 heavy (non-hydrogen) atoms. The van der Waals surface area contributed by atoms with Crippen molar-refractivity contribution in [1.82, 2.24) is 5.32 Å². The number of carbonyl (C=O) groups is 3. The third kappa shape index (κ3) is 3.23. The third-order valence-electron chi connectivity index (χ3n) is 9.60. The molecule has 4 aliphatic rings. The number of ketones is 1. The number of Topliss-reactive ketones (excluding diaryl/α,β-unsaturated/α-hetero) is 1. The van der Waals surface area contributed by atoms with E-state index in [1.807, 2.05) is 12.1 Å². The van der Waals surface area contributed by atoms with Crippen molar-refractivity contribution in [3.05, 3.63) is 47.5 Å². The van der Waals surface area contributed by atoms with Crippen LogP contribution in [-0.2, 0) is 16.0 Å². The Balaban J connectivity index is 1.37. The lowest BCUT2D eigenvalue weighted by atomic mass is 9.47. The molecule has 1 heterocycles. The van der Waals surface area contributed by atoms with Crippen LogP contribution in [0.3, 0.4) is 0 Å². The molecule has 5 heteroatoms. The van der Waals surface area contributed by atoms with E-state index in [-0.39, 0.29) is 40.9 Å². The molecule has 5 rings (SSSR count). The summed E-state index contributed by atoms with van der Waals surface area (Å²) in [5, 5.41) is 12.2. The molecule has 1 amide bonds. The molecule has 3 aliphatic carbocycles. The first-order chi connectivity index (χ1) is 15.2. The minimum absolute atomic E-state index is 0.0141. The van der Waals surface area contributed by atoms with E-state index < -0.39 is 5.97 Å². The molecule has 3 fully saturated rings. The zero-order valence-electron chi connectivity index (χ0n) is 19.0. The molecule has 3 saturated carbocycles. The smallest absolute Gasteiger partial charge is 0.307 e. The van der Waals surface area contributed by atoms with Crippen LogP contribution in [0.25, 0.3) is 0 Å². The summed E-state index contributed by atoms with van der Waals surface area (Å²) in [6.07, 6.45) is 10.2. The van der Waals surface area contributed by atoms with E-state index in [0.717, 1.165) is 44.1 Å². The number of fused-ring (bicyclic) bond motifs is 5. The molecule has 0 bridgehead atoms. The van der Waals surface area contributed by atoms with Crippen LogP contribution in [0.5, 0.6) is 0 Å². The maximum Gasteiger partial charge on any atom is 0.307 e. The van der Waals surface area contributed by atoms with Gasteiger partial charge in [0.2, 0.25) is 5.91 Å². The molecular formula is C27H33NO4. The van der Waals surface area contributed by atoms with Gasteiger partial charge in [-0.3, -0.25) is 14.4 Å². The Bertz CT molecular complexity index is 982. The average Bonchev–Trinajstić information content (AvgIpc) is 3.11. The van der Waals surface area contributed by atoms with Crippen molar-refractivity contribution < 1.29 is 19.5 Å². The number of aliphatic carboxylic acids is 1.